The lowest BCUT2D eigenvalue weighted by molar-refractivity contribution is -0.184. The van der Waals surface area contributed by atoms with Crippen molar-refractivity contribution in [3.8, 4) is 0 Å². The second-order valence-corrected chi connectivity index (χ2v) is 5.59. The monoisotopic (exact) mass is 293 g/mol. The summed E-state index contributed by atoms with van der Waals surface area (Å²) in [6.07, 6.45) is -3.94. The number of rotatable bonds is 2. The maximum absolute atomic E-state index is 13.6. The van der Waals surface area contributed by atoms with Crippen LogP contribution in [-0.4, -0.2) is 11.7 Å². The molecule has 0 heterocycles. The molecule has 0 bridgehead atoms. The Morgan fingerprint density at radius 1 is 1.15 bits per heavy atom. The van der Waals surface area contributed by atoms with Gasteiger partial charge in [0.15, 0.2) is 0 Å². The van der Waals surface area contributed by atoms with E-state index in [0.717, 1.165) is 18.2 Å². The zero-order valence-corrected chi connectivity index (χ0v) is 10.8. The third kappa shape index (κ3) is 3.48. The second kappa shape index (κ2) is 5.31. The molecule has 2 N–H and O–H groups in total. The van der Waals surface area contributed by atoms with Crippen molar-refractivity contribution in [3.05, 3.63) is 35.4 Å². The first-order valence-corrected chi connectivity index (χ1v) is 6.49. The van der Waals surface area contributed by atoms with Crippen LogP contribution in [0.4, 0.5) is 22.0 Å². The molecule has 1 aliphatic carbocycles. The fourth-order valence-electron chi connectivity index (χ4n) is 2.75. The standard InChI is InChI=1S/C14H16F5N/c15-11-1-2-12(16)9(7-11)8-13(20)5-3-10(4-6-13)14(17,18)19/h1-2,7,10H,3-6,8,20H2. The average molecular weight is 293 g/mol. The first-order valence-electron chi connectivity index (χ1n) is 6.49. The second-order valence-electron chi connectivity index (χ2n) is 5.59. The molecule has 1 aliphatic rings. The van der Waals surface area contributed by atoms with Gasteiger partial charge in [-0.1, -0.05) is 0 Å². The summed E-state index contributed by atoms with van der Waals surface area (Å²) in [6.45, 7) is 0. The summed E-state index contributed by atoms with van der Waals surface area (Å²) in [5.41, 5.74) is 5.29. The number of hydrogen-bond donors (Lipinski definition) is 1. The van der Waals surface area contributed by atoms with Gasteiger partial charge < -0.3 is 5.73 Å². The largest absolute Gasteiger partial charge is 0.391 e. The van der Waals surface area contributed by atoms with Gasteiger partial charge in [-0.05, 0) is 55.9 Å². The Morgan fingerprint density at radius 2 is 1.75 bits per heavy atom. The van der Waals surface area contributed by atoms with E-state index in [1.54, 1.807) is 0 Å². The molecule has 1 saturated carbocycles. The zero-order valence-electron chi connectivity index (χ0n) is 10.8. The highest BCUT2D eigenvalue weighted by Gasteiger charge is 2.44. The van der Waals surface area contributed by atoms with Crippen molar-refractivity contribution in [1.82, 2.24) is 0 Å². The van der Waals surface area contributed by atoms with Crippen molar-refractivity contribution in [1.29, 1.82) is 0 Å². The Morgan fingerprint density at radius 3 is 2.30 bits per heavy atom. The summed E-state index contributed by atoms with van der Waals surface area (Å²) in [4.78, 5) is 0. The van der Waals surface area contributed by atoms with Crippen LogP contribution in [-0.2, 0) is 6.42 Å². The summed E-state index contributed by atoms with van der Waals surface area (Å²) < 4.78 is 64.4. The summed E-state index contributed by atoms with van der Waals surface area (Å²) in [5.74, 6) is -2.49. The van der Waals surface area contributed by atoms with Gasteiger partial charge in [-0.15, -0.1) is 0 Å². The van der Waals surface area contributed by atoms with Crippen LogP contribution in [0.5, 0.6) is 0 Å². The van der Waals surface area contributed by atoms with Crippen LogP contribution in [0.2, 0.25) is 0 Å². The van der Waals surface area contributed by atoms with Gasteiger partial charge in [0.1, 0.15) is 11.6 Å². The van der Waals surface area contributed by atoms with Gasteiger partial charge >= 0.3 is 6.18 Å². The third-order valence-electron chi connectivity index (χ3n) is 3.99. The van der Waals surface area contributed by atoms with E-state index in [-0.39, 0.29) is 37.7 Å². The van der Waals surface area contributed by atoms with Gasteiger partial charge in [-0.25, -0.2) is 8.78 Å². The van der Waals surface area contributed by atoms with E-state index >= 15 is 0 Å². The van der Waals surface area contributed by atoms with Crippen LogP contribution in [0.1, 0.15) is 31.2 Å². The molecule has 1 fully saturated rings. The minimum atomic E-state index is -4.20. The van der Waals surface area contributed by atoms with Crippen molar-refractivity contribution in [2.45, 2.75) is 43.8 Å². The summed E-state index contributed by atoms with van der Waals surface area (Å²) >= 11 is 0. The first kappa shape index (κ1) is 15.2. The fraction of sp³-hybridized carbons (Fsp3) is 0.571. The maximum Gasteiger partial charge on any atom is 0.391 e. The molecule has 0 aromatic heterocycles. The Bertz CT molecular complexity index is 475. The maximum atomic E-state index is 13.6. The quantitative estimate of drug-likeness (QED) is 0.821. The number of hydrogen-bond acceptors (Lipinski definition) is 1. The molecule has 20 heavy (non-hydrogen) atoms. The van der Waals surface area contributed by atoms with Crippen LogP contribution >= 0.6 is 0 Å². The molecule has 6 heteroatoms. The molecule has 2 rings (SSSR count). The Balaban J connectivity index is 2.05. The summed E-state index contributed by atoms with van der Waals surface area (Å²) in [6, 6.07) is 3.07. The van der Waals surface area contributed by atoms with Crippen molar-refractivity contribution in [2.75, 3.05) is 0 Å². The highest BCUT2D eigenvalue weighted by molar-refractivity contribution is 5.21. The van der Waals surface area contributed by atoms with Gasteiger partial charge in [0.2, 0.25) is 0 Å². The molecule has 1 nitrogen and oxygen atoms in total. The van der Waals surface area contributed by atoms with Crippen LogP contribution in [0.15, 0.2) is 18.2 Å². The topological polar surface area (TPSA) is 26.0 Å². The zero-order chi connectivity index (χ0) is 15.0. The third-order valence-corrected chi connectivity index (χ3v) is 3.99. The molecule has 0 amide bonds. The molecule has 1 aromatic rings. The lowest BCUT2D eigenvalue weighted by Crippen LogP contribution is -2.47. The fourth-order valence-corrected chi connectivity index (χ4v) is 2.75. The average Bonchev–Trinajstić information content (AvgIpc) is 2.33. The smallest absolute Gasteiger partial charge is 0.325 e. The predicted molar refractivity (Wildman–Crippen MR) is 65.0 cm³/mol. The van der Waals surface area contributed by atoms with E-state index in [0.29, 0.717) is 0 Å². The summed E-state index contributed by atoms with van der Waals surface area (Å²) in [5, 5.41) is 0. The summed E-state index contributed by atoms with van der Waals surface area (Å²) in [7, 11) is 0. The van der Waals surface area contributed by atoms with E-state index in [9.17, 15) is 22.0 Å². The van der Waals surface area contributed by atoms with Crippen LogP contribution < -0.4 is 5.73 Å². The van der Waals surface area contributed by atoms with Crippen LogP contribution in [0.3, 0.4) is 0 Å². The Hall–Kier alpha value is -1.17. The van der Waals surface area contributed by atoms with Gasteiger partial charge in [0.05, 0.1) is 5.92 Å². The molecule has 0 aliphatic heterocycles. The molecular weight excluding hydrogens is 277 g/mol. The van der Waals surface area contributed by atoms with Crippen molar-refractivity contribution >= 4 is 0 Å². The van der Waals surface area contributed by atoms with Gasteiger partial charge in [-0.2, -0.15) is 13.2 Å². The van der Waals surface area contributed by atoms with E-state index in [2.05, 4.69) is 0 Å². The first-order chi connectivity index (χ1) is 9.20. The molecule has 0 radical (unpaired) electrons. The molecule has 112 valence electrons. The predicted octanol–water partition coefficient (Wildman–Crippen LogP) is 3.96. The minimum Gasteiger partial charge on any atom is -0.325 e. The number of alkyl halides is 3. The van der Waals surface area contributed by atoms with Crippen molar-refractivity contribution in [3.63, 3.8) is 0 Å². The molecule has 0 unspecified atom stereocenters. The molecule has 0 atom stereocenters. The van der Waals surface area contributed by atoms with Gasteiger partial charge in [-0.3, -0.25) is 0 Å². The molecule has 1 aromatic carbocycles. The lowest BCUT2D eigenvalue weighted by atomic mass is 9.74. The normalized spacial score (nSPS) is 27.6. The molecular formula is C14H16F5N. The van der Waals surface area contributed by atoms with Crippen molar-refractivity contribution < 1.29 is 22.0 Å². The van der Waals surface area contributed by atoms with E-state index < -0.39 is 29.3 Å². The van der Waals surface area contributed by atoms with E-state index in [1.165, 1.54) is 0 Å². The lowest BCUT2D eigenvalue weighted by Gasteiger charge is -2.38. The van der Waals surface area contributed by atoms with Crippen molar-refractivity contribution in [2.24, 2.45) is 11.7 Å². The van der Waals surface area contributed by atoms with Crippen LogP contribution in [0.25, 0.3) is 0 Å². The van der Waals surface area contributed by atoms with Gasteiger partial charge in [0, 0.05) is 5.54 Å². The van der Waals surface area contributed by atoms with Gasteiger partial charge in [0.25, 0.3) is 0 Å². The molecule has 0 saturated heterocycles. The van der Waals surface area contributed by atoms with Crippen LogP contribution in [0, 0.1) is 17.6 Å². The number of benzene rings is 1. The van der Waals surface area contributed by atoms with E-state index in [1.807, 2.05) is 0 Å². The highest BCUT2D eigenvalue weighted by atomic mass is 19.4. The molecule has 0 spiro atoms. The Kier molecular flexibility index (Phi) is 4.04. The SMILES string of the molecule is NC1(Cc2cc(F)ccc2F)CCC(C(F)(F)F)CC1. The van der Waals surface area contributed by atoms with E-state index in [4.69, 9.17) is 5.73 Å². The Labute approximate surface area is 114 Å². The number of nitrogens with two attached hydrogens (primary N) is 1. The minimum absolute atomic E-state index is 0.0567. The number of halogens is 5. The highest BCUT2D eigenvalue weighted by Crippen LogP contribution is 2.41.